The van der Waals surface area contributed by atoms with Crippen LogP contribution in [0.25, 0.3) is 10.9 Å². The number of nitrogens with one attached hydrogen (secondary N) is 1. The second-order valence-corrected chi connectivity index (χ2v) is 11.6. The first-order valence-electron chi connectivity index (χ1n) is 12.6. The predicted octanol–water partition coefficient (Wildman–Crippen LogP) is 5.50. The highest BCUT2D eigenvalue weighted by molar-refractivity contribution is 6.23. The minimum absolute atomic E-state index is 0.203. The Morgan fingerprint density at radius 1 is 0.947 bits per heavy atom. The molecule has 3 heterocycles. The zero-order valence-electron chi connectivity index (χ0n) is 22.8. The summed E-state index contributed by atoms with van der Waals surface area (Å²) in [5.41, 5.74) is -0.316. The number of carbonyl (C=O) groups excluding carboxylic acids is 3. The molecule has 0 saturated heterocycles. The van der Waals surface area contributed by atoms with Gasteiger partial charge in [-0.3, -0.25) is 9.69 Å². The monoisotopic (exact) mass is 519 g/mol. The van der Waals surface area contributed by atoms with Crippen molar-refractivity contribution in [2.75, 3.05) is 18.6 Å². The number of methoxy groups -OCH3 is 1. The van der Waals surface area contributed by atoms with Crippen molar-refractivity contribution in [3.05, 3.63) is 59.3 Å². The van der Waals surface area contributed by atoms with Crippen LogP contribution in [0.3, 0.4) is 0 Å². The molecule has 0 aliphatic carbocycles. The van der Waals surface area contributed by atoms with E-state index >= 15 is 0 Å². The summed E-state index contributed by atoms with van der Waals surface area (Å²) in [4.78, 5) is 47.9. The Morgan fingerprint density at radius 2 is 1.61 bits per heavy atom. The number of aromatic nitrogens is 1. The summed E-state index contributed by atoms with van der Waals surface area (Å²) >= 11 is 0. The number of imide groups is 1. The number of aromatic amines is 1. The van der Waals surface area contributed by atoms with Crippen LogP contribution in [-0.2, 0) is 26.2 Å². The van der Waals surface area contributed by atoms with Gasteiger partial charge in [-0.25, -0.2) is 14.5 Å². The van der Waals surface area contributed by atoms with E-state index in [0.717, 1.165) is 21.4 Å². The normalized spacial score (nSPS) is 19.0. The fraction of sp³-hybridized carbons (Fsp3) is 0.414. The van der Waals surface area contributed by atoms with Gasteiger partial charge in [-0.1, -0.05) is 18.2 Å². The summed E-state index contributed by atoms with van der Waals surface area (Å²) < 4.78 is 17.0. The Balaban J connectivity index is 1.82. The first-order valence-corrected chi connectivity index (χ1v) is 12.6. The largest absolute Gasteiger partial charge is 0.497 e. The topological polar surface area (TPSA) is 101 Å². The molecule has 0 bridgehead atoms. The van der Waals surface area contributed by atoms with Gasteiger partial charge in [-0.2, -0.15) is 0 Å². The lowest BCUT2D eigenvalue weighted by atomic mass is 9.80. The standard InChI is InChI=1S/C29H33N3O6/c1-27(2,3)37-25(34)31-15-14-19-18-10-8-9-11-21(18)30-23(19)29(31)20-16-17(36-7)12-13-22(20)32(24(29)33)26(35)38-28(4,5)6/h8-13,16,30H,14-15H2,1-7H3/t29-/m1/s1. The molecule has 200 valence electrons. The number of ether oxygens (including phenoxy) is 3. The number of hydrogen-bond donors (Lipinski definition) is 1. The van der Waals surface area contributed by atoms with Crippen LogP contribution in [0.4, 0.5) is 15.3 Å². The van der Waals surface area contributed by atoms with E-state index < -0.39 is 34.8 Å². The summed E-state index contributed by atoms with van der Waals surface area (Å²) in [7, 11) is 1.53. The Kier molecular flexibility index (Phi) is 5.74. The zero-order chi connectivity index (χ0) is 27.6. The Morgan fingerprint density at radius 3 is 2.26 bits per heavy atom. The third kappa shape index (κ3) is 3.88. The van der Waals surface area contributed by atoms with Gasteiger partial charge in [0.2, 0.25) is 0 Å². The first kappa shape index (κ1) is 25.6. The van der Waals surface area contributed by atoms with Crippen molar-refractivity contribution >= 4 is 34.7 Å². The van der Waals surface area contributed by atoms with Crippen LogP contribution in [0.2, 0.25) is 0 Å². The number of carbonyl (C=O) groups is 3. The van der Waals surface area contributed by atoms with Crippen molar-refractivity contribution in [1.29, 1.82) is 0 Å². The lowest BCUT2D eigenvalue weighted by Gasteiger charge is -2.43. The molecule has 2 aliphatic rings. The van der Waals surface area contributed by atoms with Gasteiger partial charge in [0.25, 0.3) is 5.91 Å². The van der Waals surface area contributed by atoms with Gasteiger partial charge in [0.05, 0.1) is 18.5 Å². The number of amides is 3. The quantitative estimate of drug-likeness (QED) is 0.456. The van der Waals surface area contributed by atoms with Crippen LogP contribution >= 0.6 is 0 Å². The van der Waals surface area contributed by atoms with Gasteiger partial charge < -0.3 is 19.2 Å². The molecule has 3 amide bonds. The Hall–Kier alpha value is -4.01. The van der Waals surface area contributed by atoms with E-state index in [4.69, 9.17) is 14.2 Å². The van der Waals surface area contributed by atoms with Gasteiger partial charge in [0.15, 0.2) is 5.54 Å². The fourth-order valence-corrected chi connectivity index (χ4v) is 5.34. The van der Waals surface area contributed by atoms with Crippen LogP contribution in [0.15, 0.2) is 42.5 Å². The number of para-hydroxylation sites is 1. The van der Waals surface area contributed by atoms with Crippen molar-refractivity contribution in [3.63, 3.8) is 0 Å². The molecule has 1 atom stereocenters. The second kappa shape index (κ2) is 8.51. The SMILES string of the molecule is COc1ccc2c(c1)[C@]1(C(=O)N2C(=O)OC(C)(C)C)c2[nH]c3ccccc3c2CCN1C(=O)OC(C)(C)C. The number of hydrogen-bond acceptors (Lipinski definition) is 6. The summed E-state index contributed by atoms with van der Waals surface area (Å²) in [6.07, 6.45) is -0.979. The smallest absolute Gasteiger partial charge is 0.421 e. The van der Waals surface area contributed by atoms with Gasteiger partial charge in [-0.15, -0.1) is 0 Å². The average Bonchev–Trinajstić information content (AvgIpc) is 3.31. The van der Waals surface area contributed by atoms with Crippen molar-refractivity contribution in [3.8, 4) is 5.75 Å². The number of benzene rings is 2. The molecule has 0 radical (unpaired) electrons. The lowest BCUT2D eigenvalue weighted by molar-refractivity contribution is -0.128. The molecule has 0 unspecified atom stereocenters. The third-order valence-electron chi connectivity index (χ3n) is 6.70. The molecule has 38 heavy (non-hydrogen) atoms. The lowest BCUT2D eigenvalue weighted by Crippen LogP contribution is -2.60. The predicted molar refractivity (Wildman–Crippen MR) is 142 cm³/mol. The molecule has 2 aliphatic heterocycles. The summed E-state index contributed by atoms with van der Waals surface area (Å²) in [6.45, 7) is 10.7. The third-order valence-corrected chi connectivity index (χ3v) is 6.70. The van der Waals surface area contributed by atoms with Gasteiger partial charge in [-0.05, 0) is 77.8 Å². The molecule has 2 aromatic carbocycles. The fourth-order valence-electron chi connectivity index (χ4n) is 5.34. The molecule has 1 spiro atoms. The van der Waals surface area contributed by atoms with Crippen LogP contribution in [0, 0.1) is 0 Å². The molecule has 0 fully saturated rings. The highest BCUT2D eigenvalue weighted by atomic mass is 16.6. The number of anilines is 1. The van der Waals surface area contributed by atoms with Crippen molar-refractivity contribution in [1.82, 2.24) is 9.88 Å². The second-order valence-electron chi connectivity index (χ2n) is 11.6. The molecule has 0 saturated carbocycles. The highest BCUT2D eigenvalue weighted by Crippen LogP contribution is 2.53. The van der Waals surface area contributed by atoms with Gasteiger partial charge in [0, 0.05) is 23.0 Å². The maximum atomic E-state index is 14.7. The van der Waals surface area contributed by atoms with Crippen LogP contribution in [-0.4, -0.2) is 52.8 Å². The average molecular weight is 520 g/mol. The van der Waals surface area contributed by atoms with E-state index in [-0.39, 0.29) is 6.54 Å². The molecular weight excluding hydrogens is 486 g/mol. The molecule has 1 N–H and O–H groups in total. The molecule has 3 aromatic rings. The molecule has 9 heteroatoms. The minimum atomic E-state index is -1.70. The maximum absolute atomic E-state index is 14.7. The highest BCUT2D eigenvalue weighted by Gasteiger charge is 2.63. The van der Waals surface area contributed by atoms with E-state index in [9.17, 15) is 14.4 Å². The molecule has 1 aromatic heterocycles. The molecule has 5 rings (SSSR count). The zero-order valence-corrected chi connectivity index (χ0v) is 22.8. The number of fused-ring (bicyclic) bond motifs is 6. The maximum Gasteiger partial charge on any atom is 0.421 e. The van der Waals surface area contributed by atoms with Crippen LogP contribution in [0.5, 0.6) is 5.75 Å². The van der Waals surface area contributed by atoms with E-state index in [0.29, 0.717) is 29.1 Å². The van der Waals surface area contributed by atoms with Crippen molar-refractivity contribution < 1.29 is 28.6 Å². The number of rotatable bonds is 1. The van der Waals surface area contributed by atoms with E-state index in [2.05, 4.69) is 4.98 Å². The number of H-pyrrole nitrogens is 1. The van der Waals surface area contributed by atoms with Gasteiger partial charge in [0.1, 0.15) is 17.0 Å². The van der Waals surface area contributed by atoms with Crippen LogP contribution in [0.1, 0.15) is 58.4 Å². The molecular formula is C29H33N3O6. The summed E-state index contributed by atoms with van der Waals surface area (Å²) in [5.74, 6) is -0.136. The van der Waals surface area contributed by atoms with E-state index in [1.807, 2.05) is 24.3 Å². The minimum Gasteiger partial charge on any atom is -0.497 e. The van der Waals surface area contributed by atoms with E-state index in [1.165, 1.54) is 12.0 Å². The summed E-state index contributed by atoms with van der Waals surface area (Å²) in [5, 5.41) is 0.957. The van der Waals surface area contributed by atoms with Crippen LogP contribution < -0.4 is 9.64 Å². The van der Waals surface area contributed by atoms with Crippen molar-refractivity contribution in [2.24, 2.45) is 0 Å². The first-order chi connectivity index (χ1) is 17.8. The summed E-state index contributed by atoms with van der Waals surface area (Å²) in [6, 6.07) is 12.8. The Bertz CT molecular complexity index is 1460. The van der Waals surface area contributed by atoms with E-state index in [1.54, 1.807) is 59.7 Å². The molecule has 9 nitrogen and oxygen atoms in total. The van der Waals surface area contributed by atoms with Crippen molar-refractivity contribution in [2.45, 2.75) is 64.7 Å². The van der Waals surface area contributed by atoms with Gasteiger partial charge >= 0.3 is 12.2 Å². The Labute approximate surface area is 221 Å². The number of nitrogens with zero attached hydrogens (tertiary/aromatic N) is 2.